The summed E-state index contributed by atoms with van der Waals surface area (Å²) in [6.07, 6.45) is 6.84. The highest BCUT2D eigenvalue weighted by atomic mass is 14.9. The highest BCUT2D eigenvalue weighted by Crippen LogP contribution is 2.00. The summed E-state index contributed by atoms with van der Waals surface area (Å²) >= 11 is 0. The van der Waals surface area contributed by atoms with E-state index in [1.54, 1.807) is 0 Å². The van der Waals surface area contributed by atoms with Crippen molar-refractivity contribution in [1.29, 1.82) is 0 Å². The molecule has 1 heteroatoms. The van der Waals surface area contributed by atoms with Gasteiger partial charge in [-0.3, -0.25) is 0 Å². The molecule has 0 heterocycles. The van der Waals surface area contributed by atoms with Crippen LogP contribution in [-0.4, -0.2) is 12.6 Å². The molecule has 0 amide bonds. The lowest BCUT2D eigenvalue weighted by Crippen LogP contribution is -2.25. The predicted octanol–water partition coefficient (Wildman–Crippen LogP) is 3.48. The molecule has 82 valence electrons. The van der Waals surface area contributed by atoms with Gasteiger partial charge in [-0.1, -0.05) is 55.8 Å². The van der Waals surface area contributed by atoms with Gasteiger partial charge in [-0.15, -0.1) is 0 Å². The Kier molecular flexibility index (Phi) is 5.79. The fraction of sp³-hybridized carbons (Fsp3) is 0.429. The van der Waals surface area contributed by atoms with Crippen LogP contribution in [0.2, 0.25) is 0 Å². The fourth-order valence-corrected chi connectivity index (χ4v) is 1.56. The second-order valence-electron chi connectivity index (χ2n) is 3.91. The van der Waals surface area contributed by atoms with E-state index in [-0.39, 0.29) is 0 Å². The third kappa shape index (κ3) is 5.38. The van der Waals surface area contributed by atoms with Crippen molar-refractivity contribution < 1.29 is 0 Å². The third-order valence-corrected chi connectivity index (χ3v) is 2.42. The van der Waals surface area contributed by atoms with Crippen molar-refractivity contribution >= 4 is 6.08 Å². The van der Waals surface area contributed by atoms with E-state index in [2.05, 4.69) is 55.6 Å². The number of benzene rings is 1. The zero-order valence-corrected chi connectivity index (χ0v) is 9.74. The Morgan fingerprint density at radius 1 is 1.27 bits per heavy atom. The number of hydrogen-bond donors (Lipinski definition) is 1. The molecule has 0 saturated heterocycles. The monoisotopic (exact) mass is 203 g/mol. The number of nitrogens with one attached hydrogen (secondary N) is 1. The summed E-state index contributed by atoms with van der Waals surface area (Å²) in [7, 11) is 0. The molecule has 0 fully saturated rings. The Hall–Kier alpha value is -1.08. The van der Waals surface area contributed by atoms with Crippen molar-refractivity contribution in [2.45, 2.75) is 32.7 Å². The molecule has 1 N–H and O–H groups in total. The first-order chi connectivity index (χ1) is 7.33. The van der Waals surface area contributed by atoms with Crippen LogP contribution in [-0.2, 0) is 0 Å². The van der Waals surface area contributed by atoms with Gasteiger partial charge in [-0.05, 0) is 18.9 Å². The van der Waals surface area contributed by atoms with Crippen molar-refractivity contribution in [2.75, 3.05) is 6.54 Å². The van der Waals surface area contributed by atoms with E-state index in [1.165, 1.54) is 18.4 Å². The molecule has 0 spiro atoms. The van der Waals surface area contributed by atoms with Gasteiger partial charge in [0.15, 0.2) is 0 Å². The van der Waals surface area contributed by atoms with Crippen molar-refractivity contribution in [2.24, 2.45) is 0 Å². The van der Waals surface area contributed by atoms with Crippen LogP contribution in [0.4, 0.5) is 0 Å². The first-order valence-electron chi connectivity index (χ1n) is 5.78. The number of hydrogen-bond acceptors (Lipinski definition) is 1. The van der Waals surface area contributed by atoms with Crippen LogP contribution in [0.5, 0.6) is 0 Å². The van der Waals surface area contributed by atoms with Crippen LogP contribution in [0.3, 0.4) is 0 Å². The van der Waals surface area contributed by atoms with Gasteiger partial charge in [0.2, 0.25) is 0 Å². The van der Waals surface area contributed by atoms with Crippen LogP contribution in [0, 0.1) is 0 Å². The van der Waals surface area contributed by atoms with E-state index < -0.39 is 0 Å². The topological polar surface area (TPSA) is 12.0 Å². The molecular weight excluding hydrogens is 182 g/mol. The standard InChI is InChI=1S/C14H21N/c1-3-8-13(2)15-12-7-11-14-9-5-4-6-10-14/h4-7,9-11,13,15H,3,8,12H2,1-2H3. The van der Waals surface area contributed by atoms with Gasteiger partial charge in [-0.25, -0.2) is 0 Å². The van der Waals surface area contributed by atoms with Crippen LogP contribution in [0.1, 0.15) is 32.3 Å². The van der Waals surface area contributed by atoms with Crippen LogP contribution >= 0.6 is 0 Å². The molecule has 1 rings (SSSR count). The first-order valence-corrected chi connectivity index (χ1v) is 5.78. The molecule has 1 aromatic rings. The molecule has 0 aliphatic rings. The maximum absolute atomic E-state index is 3.47. The third-order valence-electron chi connectivity index (χ3n) is 2.42. The lowest BCUT2D eigenvalue weighted by Gasteiger charge is -2.09. The first kappa shape index (κ1) is 12.0. The van der Waals surface area contributed by atoms with Crippen LogP contribution in [0.25, 0.3) is 6.08 Å². The molecule has 1 unspecified atom stereocenters. The van der Waals surface area contributed by atoms with E-state index in [0.29, 0.717) is 6.04 Å². The van der Waals surface area contributed by atoms with E-state index in [0.717, 1.165) is 6.54 Å². The summed E-state index contributed by atoms with van der Waals surface area (Å²) in [6.45, 7) is 5.41. The van der Waals surface area contributed by atoms with Gasteiger partial charge in [0, 0.05) is 12.6 Å². The molecule has 0 radical (unpaired) electrons. The van der Waals surface area contributed by atoms with Crippen molar-refractivity contribution in [3.63, 3.8) is 0 Å². The Balaban J connectivity index is 2.23. The average molecular weight is 203 g/mol. The van der Waals surface area contributed by atoms with Gasteiger partial charge in [0.1, 0.15) is 0 Å². The number of rotatable bonds is 6. The van der Waals surface area contributed by atoms with E-state index in [4.69, 9.17) is 0 Å². The SMILES string of the molecule is CCCC(C)NCC=Cc1ccccc1. The summed E-state index contributed by atoms with van der Waals surface area (Å²) in [5.41, 5.74) is 1.27. The molecule has 0 aliphatic heterocycles. The highest BCUT2D eigenvalue weighted by Gasteiger charge is 1.95. The normalized spacial score (nSPS) is 13.2. The van der Waals surface area contributed by atoms with Gasteiger partial charge in [0.05, 0.1) is 0 Å². The van der Waals surface area contributed by atoms with E-state index in [9.17, 15) is 0 Å². The molecule has 0 aromatic heterocycles. The molecule has 0 saturated carbocycles. The minimum atomic E-state index is 0.621. The van der Waals surface area contributed by atoms with Crippen molar-refractivity contribution in [1.82, 2.24) is 5.32 Å². The smallest absolute Gasteiger partial charge is 0.0140 e. The zero-order valence-electron chi connectivity index (χ0n) is 9.74. The van der Waals surface area contributed by atoms with Gasteiger partial charge in [-0.2, -0.15) is 0 Å². The lowest BCUT2D eigenvalue weighted by atomic mass is 10.2. The lowest BCUT2D eigenvalue weighted by molar-refractivity contribution is 0.536. The van der Waals surface area contributed by atoms with Gasteiger partial charge < -0.3 is 5.32 Å². The molecule has 0 aliphatic carbocycles. The Morgan fingerprint density at radius 3 is 2.67 bits per heavy atom. The van der Waals surface area contributed by atoms with Gasteiger partial charge in [0.25, 0.3) is 0 Å². The predicted molar refractivity (Wildman–Crippen MR) is 67.8 cm³/mol. The van der Waals surface area contributed by atoms with Gasteiger partial charge >= 0.3 is 0 Å². The summed E-state index contributed by atoms with van der Waals surface area (Å²) in [4.78, 5) is 0. The Bertz CT molecular complexity index is 277. The van der Waals surface area contributed by atoms with Crippen LogP contribution in [0.15, 0.2) is 36.4 Å². The largest absolute Gasteiger partial charge is 0.311 e. The van der Waals surface area contributed by atoms with E-state index in [1.807, 2.05) is 6.07 Å². The van der Waals surface area contributed by atoms with Crippen LogP contribution < -0.4 is 5.32 Å². The fourth-order valence-electron chi connectivity index (χ4n) is 1.56. The summed E-state index contributed by atoms with van der Waals surface area (Å²) in [6, 6.07) is 11.0. The maximum Gasteiger partial charge on any atom is 0.0140 e. The summed E-state index contributed by atoms with van der Waals surface area (Å²) in [5, 5.41) is 3.47. The van der Waals surface area contributed by atoms with E-state index >= 15 is 0 Å². The second kappa shape index (κ2) is 7.24. The molecular formula is C14H21N. The molecule has 15 heavy (non-hydrogen) atoms. The minimum absolute atomic E-state index is 0.621. The molecule has 1 aromatic carbocycles. The molecule has 1 nitrogen and oxygen atoms in total. The van der Waals surface area contributed by atoms with Crippen molar-refractivity contribution in [3.05, 3.63) is 42.0 Å². The maximum atomic E-state index is 3.47. The minimum Gasteiger partial charge on any atom is -0.311 e. The quantitative estimate of drug-likeness (QED) is 0.746. The van der Waals surface area contributed by atoms with Crippen molar-refractivity contribution in [3.8, 4) is 0 Å². The molecule has 1 atom stereocenters. The Labute approximate surface area is 93.2 Å². The Morgan fingerprint density at radius 2 is 2.00 bits per heavy atom. The molecule has 0 bridgehead atoms. The summed E-state index contributed by atoms with van der Waals surface area (Å²) in [5.74, 6) is 0. The zero-order chi connectivity index (χ0) is 10.9. The average Bonchev–Trinajstić information content (AvgIpc) is 2.26. The second-order valence-corrected chi connectivity index (χ2v) is 3.91. The highest BCUT2D eigenvalue weighted by molar-refractivity contribution is 5.48. The summed E-state index contributed by atoms with van der Waals surface area (Å²) < 4.78 is 0.